The van der Waals surface area contributed by atoms with E-state index in [1.165, 1.54) is 0 Å². The molecule has 0 radical (unpaired) electrons. The minimum atomic E-state index is 0.0285. The van der Waals surface area contributed by atoms with Gasteiger partial charge in [0.1, 0.15) is 0 Å². The highest BCUT2D eigenvalue weighted by Gasteiger charge is 2.19. The highest BCUT2D eigenvalue weighted by Crippen LogP contribution is 2.24. The van der Waals surface area contributed by atoms with E-state index < -0.39 is 0 Å². The highest BCUT2D eigenvalue weighted by atomic mass is 15.3. The quantitative estimate of drug-likeness (QED) is 0.538. The Morgan fingerprint density at radius 1 is 1.50 bits per heavy atom. The molecule has 0 amide bonds. The minimum absolute atomic E-state index is 0.0285. The third-order valence-corrected chi connectivity index (χ3v) is 1.74. The van der Waals surface area contributed by atoms with Gasteiger partial charge in [0.15, 0.2) is 0 Å². The van der Waals surface area contributed by atoms with Crippen molar-refractivity contribution >= 4 is 5.82 Å². The Labute approximate surface area is 72.8 Å². The van der Waals surface area contributed by atoms with Crippen molar-refractivity contribution in [2.75, 3.05) is 0 Å². The molecule has 0 aliphatic carbocycles. The van der Waals surface area contributed by atoms with Gasteiger partial charge >= 0.3 is 0 Å². The fourth-order valence-electron chi connectivity index (χ4n) is 0.929. The summed E-state index contributed by atoms with van der Waals surface area (Å²) >= 11 is 0. The van der Waals surface area contributed by atoms with Crippen LogP contribution in [0.25, 0.3) is 4.85 Å². The van der Waals surface area contributed by atoms with Gasteiger partial charge in [0.25, 0.3) is 5.82 Å². The van der Waals surface area contributed by atoms with E-state index in [1.54, 1.807) is 11.7 Å². The van der Waals surface area contributed by atoms with Crippen molar-refractivity contribution < 1.29 is 0 Å². The number of hydrogen-bond acceptors (Lipinski definition) is 1. The van der Waals surface area contributed by atoms with Gasteiger partial charge in [-0.1, -0.05) is 27.3 Å². The van der Waals surface area contributed by atoms with Crippen LogP contribution >= 0.6 is 0 Å². The van der Waals surface area contributed by atoms with Crippen LogP contribution in [0.3, 0.4) is 0 Å². The van der Waals surface area contributed by atoms with Crippen LogP contribution in [0.2, 0.25) is 0 Å². The van der Waals surface area contributed by atoms with E-state index in [2.05, 4.69) is 30.7 Å². The lowest BCUT2D eigenvalue weighted by molar-refractivity contribution is 0.553. The molecule has 0 unspecified atom stereocenters. The molecule has 0 atom stereocenters. The average molecular weight is 163 g/mol. The predicted molar refractivity (Wildman–Crippen MR) is 48.2 cm³/mol. The normalized spacial score (nSPS) is 11.2. The smallest absolute Gasteiger partial charge is 0.252 e. The minimum Gasteiger partial charge on any atom is -0.362 e. The number of rotatable bonds is 0. The summed E-state index contributed by atoms with van der Waals surface area (Å²) in [4.78, 5) is 3.35. The number of hydrogen-bond donors (Lipinski definition) is 0. The third kappa shape index (κ3) is 1.48. The Morgan fingerprint density at radius 2 is 2.08 bits per heavy atom. The van der Waals surface area contributed by atoms with Crippen molar-refractivity contribution in [1.29, 1.82) is 0 Å². The summed E-state index contributed by atoms with van der Waals surface area (Å²) in [6.07, 6.45) is 0. The molecule has 0 saturated carbocycles. The first-order chi connectivity index (χ1) is 5.45. The zero-order valence-electron chi connectivity index (χ0n) is 7.92. The molecule has 0 aliphatic heterocycles. The van der Waals surface area contributed by atoms with E-state index in [1.807, 2.05) is 6.07 Å². The van der Waals surface area contributed by atoms with Crippen LogP contribution in [0.5, 0.6) is 0 Å². The van der Waals surface area contributed by atoms with Crippen LogP contribution in [-0.4, -0.2) is 9.78 Å². The summed E-state index contributed by atoms with van der Waals surface area (Å²) in [7, 11) is 1.79. The molecule has 0 bridgehead atoms. The van der Waals surface area contributed by atoms with Crippen LogP contribution in [0, 0.1) is 6.57 Å². The van der Waals surface area contributed by atoms with Crippen LogP contribution in [0.1, 0.15) is 26.5 Å². The van der Waals surface area contributed by atoms with Gasteiger partial charge < -0.3 is 4.85 Å². The number of aryl methyl sites for hydroxylation is 1. The average Bonchev–Trinajstić information content (AvgIpc) is 2.29. The topological polar surface area (TPSA) is 22.2 Å². The van der Waals surface area contributed by atoms with Crippen molar-refractivity contribution in [2.45, 2.75) is 26.2 Å². The van der Waals surface area contributed by atoms with Crippen LogP contribution < -0.4 is 0 Å². The van der Waals surface area contributed by atoms with Gasteiger partial charge in [0.2, 0.25) is 0 Å². The molecule has 1 rings (SSSR count). The molecule has 1 aromatic rings. The first kappa shape index (κ1) is 8.79. The maximum atomic E-state index is 6.87. The summed E-state index contributed by atoms with van der Waals surface area (Å²) in [5, 5.41) is 4.26. The Balaban J connectivity index is 3.16. The molecule has 64 valence electrons. The summed E-state index contributed by atoms with van der Waals surface area (Å²) in [6, 6.07) is 1.84. The standard InChI is InChI=1S/C9H13N3/c1-9(2,3)7-6-8(10-4)12(5)11-7/h6H,1-3,5H3. The monoisotopic (exact) mass is 163 g/mol. The second-order valence-electron chi connectivity index (χ2n) is 3.87. The molecule has 0 saturated heterocycles. The van der Waals surface area contributed by atoms with Gasteiger partial charge in [0, 0.05) is 5.41 Å². The highest BCUT2D eigenvalue weighted by molar-refractivity contribution is 5.39. The van der Waals surface area contributed by atoms with Gasteiger partial charge in [-0.3, -0.25) is 0 Å². The van der Waals surface area contributed by atoms with E-state index in [4.69, 9.17) is 6.57 Å². The van der Waals surface area contributed by atoms with Crippen molar-refractivity contribution in [3.8, 4) is 0 Å². The lowest BCUT2D eigenvalue weighted by atomic mass is 9.92. The third-order valence-electron chi connectivity index (χ3n) is 1.74. The van der Waals surface area contributed by atoms with Gasteiger partial charge in [-0.15, -0.1) is 5.10 Å². The zero-order valence-corrected chi connectivity index (χ0v) is 7.92. The molecule has 12 heavy (non-hydrogen) atoms. The summed E-state index contributed by atoms with van der Waals surface area (Å²) in [5.74, 6) is 0.597. The molecular formula is C9H13N3. The molecule has 0 fully saturated rings. The van der Waals surface area contributed by atoms with Crippen molar-refractivity contribution in [2.24, 2.45) is 7.05 Å². The van der Waals surface area contributed by atoms with Crippen molar-refractivity contribution in [3.63, 3.8) is 0 Å². The molecule has 3 nitrogen and oxygen atoms in total. The van der Waals surface area contributed by atoms with E-state index in [-0.39, 0.29) is 5.41 Å². The first-order valence-corrected chi connectivity index (χ1v) is 3.87. The number of nitrogens with zero attached hydrogens (tertiary/aromatic N) is 3. The lowest BCUT2D eigenvalue weighted by Gasteiger charge is -2.13. The van der Waals surface area contributed by atoms with Crippen LogP contribution in [-0.2, 0) is 12.5 Å². The molecule has 0 spiro atoms. The van der Waals surface area contributed by atoms with E-state index in [9.17, 15) is 0 Å². The summed E-state index contributed by atoms with van der Waals surface area (Å²) in [6.45, 7) is 13.1. The lowest BCUT2D eigenvalue weighted by Crippen LogP contribution is -2.12. The summed E-state index contributed by atoms with van der Waals surface area (Å²) < 4.78 is 1.62. The van der Waals surface area contributed by atoms with Crippen LogP contribution in [0.4, 0.5) is 5.82 Å². The second kappa shape index (κ2) is 2.63. The Bertz CT molecular complexity index is 323. The molecule has 0 N–H and O–H groups in total. The van der Waals surface area contributed by atoms with Gasteiger partial charge in [0.05, 0.1) is 12.7 Å². The van der Waals surface area contributed by atoms with Gasteiger partial charge in [-0.05, 0) is 6.07 Å². The van der Waals surface area contributed by atoms with Crippen molar-refractivity contribution in [1.82, 2.24) is 9.78 Å². The molecule has 0 aromatic carbocycles. The van der Waals surface area contributed by atoms with Gasteiger partial charge in [-0.2, -0.15) is 0 Å². The SMILES string of the molecule is [C-]#[N+]c1cc(C(C)(C)C)nn1C. The maximum Gasteiger partial charge on any atom is 0.252 e. The fraction of sp³-hybridized carbons (Fsp3) is 0.556. The second-order valence-corrected chi connectivity index (χ2v) is 3.87. The van der Waals surface area contributed by atoms with Gasteiger partial charge in [-0.25, -0.2) is 4.68 Å². The van der Waals surface area contributed by atoms with E-state index in [0.717, 1.165) is 5.69 Å². The largest absolute Gasteiger partial charge is 0.362 e. The van der Waals surface area contributed by atoms with Crippen LogP contribution in [0.15, 0.2) is 6.07 Å². The van der Waals surface area contributed by atoms with Crippen molar-refractivity contribution in [3.05, 3.63) is 23.2 Å². The molecule has 1 heterocycles. The zero-order chi connectivity index (χ0) is 9.35. The van der Waals surface area contributed by atoms with E-state index >= 15 is 0 Å². The molecule has 0 aliphatic rings. The van der Waals surface area contributed by atoms with E-state index in [0.29, 0.717) is 5.82 Å². The molecule has 1 aromatic heterocycles. The molecule has 3 heteroatoms. The fourth-order valence-corrected chi connectivity index (χ4v) is 0.929. The maximum absolute atomic E-state index is 6.87. The Hall–Kier alpha value is -1.30. The summed E-state index contributed by atoms with van der Waals surface area (Å²) in [5.41, 5.74) is 0.997. The first-order valence-electron chi connectivity index (χ1n) is 3.87. The Morgan fingerprint density at radius 3 is 2.33 bits per heavy atom. The molecular weight excluding hydrogens is 150 g/mol. The Kier molecular flexibility index (Phi) is 1.93. The number of aromatic nitrogens is 2. The predicted octanol–water partition coefficient (Wildman–Crippen LogP) is 2.27.